The minimum atomic E-state index is -4.58. The molecule has 0 aromatic heterocycles. The van der Waals surface area contributed by atoms with Crippen molar-refractivity contribution in [3.05, 3.63) is 70.2 Å². The molecule has 3 rings (SSSR count). The maximum absolute atomic E-state index is 13.2. The van der Waals surface area contributed by atoms with Gasteiger partial charge in [-0.2, -0.15) is 13.2 Å². The molecule has 4 nitrogen and oxygen atoms in total. The Bertz CT molecular complexity index is 892. The van der Waals surface area contributed by atoms with E-state index in [9.17, 15) is 22.8 Å². The van der Waals surface area contributed by atoms with Gasteiger partial charge in [-0.1, -0.05) is 35.9 Å². The highest BCUT2D eigenvalue weighted by Crippen LogP contribution is 2.32. The lowest BCUT2D eigenvalue weighted by Crippen LogP contribution is -2.46. The Hall–Kier alpha value is -2.54. The monoisotopic (exact) mass is 438 g/mol. The van der Waals surface area contributed by atoms with Gasteiger partial charge in [-0.05, 0) is 49.1 Å². The van der Waals surface area contributed by atoms with Gasteiger partial charge in [-0.15, -0.1) is 0 Å². The van der Waals surface area contributed by atoms with Crippen LogP contribution in [0.1, 0.15) is 40.7 Å². The zero-order chi connectivity index (χ0) is 21.7. The predicted octanol–water partition coefficient (Wildman–Crippen LogP) is 4.71. The Morgan fingerprint density at radius 3 is 2.30 bits per heavy atom. The maximum Gasteiger partial charge on any atom is 0.417 e. The van der Waals surface area contributed by atoms with Crippen LogP contribution in [0.5, 0.6) is 0 Å². The van der Waals surface area contributed by atoms with Crippen LogP contribution < -0.4 is 5.32 Å². The molecule has 1 aliphatic rings. The fourth-order valence-corrected chi connectivity index (χ4v) is 3.65. The molecule has 0 aliphatic carbocycles. The smallest absolute Gasteiger partial charge is 0.353 e. The van der Waals surface area contributed by atoms with Gasteiger partial charge in [0.1, 0.15) is 0 Å². The Balaban J connectivity index is 1.49. The van der Waals surface area contributed by atoms with Crippen molar-refractivity contribution in [2.75, 3.05) is 13.1 Å². The molecule has 160 valence electrons. The summed E-state index contributed by atoms with van der Waals surface area (Å²) in [4.78, 5) is 26.2. The number of nitrogens with zero attached hydrogens (tertiary/aromatic N) is 1. The number of likely N-dealkylation sites (tertiary alicyclic amines) is 1. The van der Waals surface area contributed by atoms with E-state index >= 15 is 0 Å². The SMILES string of the molecule is O=C(CCc1ccc(Cl)cc1)NC1CCN(C(=O)c2ccccc2C(F)(F)F)CC1. The number of carbonyl (C=O) groups is 2. The highest BCUT2D eigenvalue weighted by molar-refractivity contribution is 6.30. The first-order valence-corrected chi connectivity index (χ1v) is 10.1. The molecule has 30 heavy (non-hydrogen) atoms. The van der Waals surface area contributed by atoms with E-state index in [-0.39, 0.29) is 17.5 Å². The number of carbonyl (C=O) groups excluding carboxylic acids is 2. The number of hydrogen-bond acceptors (Lipinski definition) is 2. The molecule has 2 aromatic carbocycles. The zero-order valence-corrected chi connectivity index (χ0v) is 17.0. The molecule has 1 saturated heterocycles. The molecule has 1 heterocycles. The van der Waals surface area contributed by atoms with Gasteiger partial charge in [0, 0.05) is 30.6 Å². The first kappa shape index (κ1) is 22.2. The second-order valence-corrected chi connectivity index (χ2v) is 7.74. The fraction of sp³-hybridized carbons (Fsp3) is 0.364. The minimum absolute atomic E-state index is 0.0860. The molecule has 0 unspecified atom stereocenters. The van der Waals surface area contributed by atoms with Crippen LogP contribution in [-0.2, 0) is 17.4 Å². The van der Waals surface area contributed by atoms with E-state index in [4.69, 9.17) is 11.6 Å². The lowest BCUT2D eigenvalue weighted by molar-refractivity contribution is -0.138. The number of rotatable bonds is 5. The number of hydrogen-bond donors (Lipinski definition) is 1. The summed E-state index contributed by atoms with van der Waals surface area (Å²) in [5.41, 5.74) is -0.249. The zero-order valence-electron chi connectivity index (χ0n) is 16.2. The summed E-state index contributed by atoms with van der Waals surface area (Å²) in [7, 11) is 0. The Morgan fingerprint density at radius 2 is 1.67 bits per heavy atom. The third-order valence-electron chi connectivity index (χ3n) is 5.16. The molecule has 2 aromatic rings. The van der Waals surface area contributed by atoms with E-state index in [0.29, 0.717) is 43.8 Å². The van der Waals surface area contributed by atoms with Crippen LogP contribution in [0.25, 0.3) is 0 Å². The van der Waals surface area contributed by atoms with E-state index < -0.39 is 17.6 Å². The van der Waals surface area contributed by atoms with Crippen molar-refractivity contribution in [3.8, 4) is 0 Å². The molecule has 1 fully saturated rings. The van der Waals surface area contributed by atoms with Gasteiger partial charge in [0.05, 0.1) is 11.1 Å². The molecule has 0 bridgehead atoms. The van der Waals surface area contributed by atoms with E-state index in [1.165, 1.54) is 23.1 Å². The summed E-state index contributed by atoms with van der Waals surface area (Å²) >= 11 is 5.84. The molecule has 0 radical (unpaired) electrons. The number of aryl methyl sites for hydroxylation is 1. The topological polar surface area (TPSA) is 49.4 Å². The van der Waals surface area contributed by atoms with E-state index in [1.807, 2.05) is 12.1 Å². The average Bonchev–Trinajstić information content (AvgIpc) is 2.73. The van der Waals surface area contributed by atoms with Crippen LogP contribution in [0.2, 0.25) is 5.02 Å². The second kappa shape index (κ2) is 9.51. The van der Waals surface area contributed by atoms with Gasteiger partial charge in [0.15, 0.2) is 0 Å². The van der Waals surface area contributed by atoms with Crippen molar-refractivity contribution in [1.29, 1.82) is 0 Å². The van der Waals surface area contributed by atoms with Gasteiger partial charge in [0.25, 0.3) is 5.91 Å². The fourth-order valence-electron chi connectivity index (χ4n) is 3.52. The van der Waals surface area contributed by atoms with Crippen LogP contribution in [0.4, 0.5) is 13.2 Å². The molecule has 0 saturated carbocycles. The molecular weight excluding hydrogens is 417 g/mol. The average molecular weight is 439 g/mol. The van der Waals surface area contributed by atoms with Crippen molar-refractivity contribution in [1.82, 2.24) is 10.2 Å². The van der Waals surface area contributed by atoms with Crippen molar-refractivity contribution in [3.63, 3.8) is 0 Å². The second-order valence-electron chi connectivity index (χ2n) is 7.30. The normalized spacial score (nSPS) is 15.1. The number of piperidine rings is 1. The number of amides is 2. The van der Waals surface area contributed by atoms with Crippen molar-refractivity contribution < 1.29 is 22.8 Å². The molecule has 2 amide bonds. The third kappa shape index (κ3) is 5.75. The standard InChI is InChI=1S/C22H22ClF3N2O2/c23-16-8-5-15(6-9-16)7-10-20(29)27-17-11-13-28(14-12-17)21(30)18-3-1-2-4-19(18)22(24,25)26/h1-6,8-9,17H,7,10-14H2,(H,27,29). The van der Waals surface area contributed by atoms with Gasteiger partial charge in [-0.3, -0.25) is 9.59 Å². The molecule has 0 atom stereocenters. The van der Waals surface area contributed by atoms with E-state index in [2.05, 4.69) is 5.32 Å². The van der Waals surface area contributed by atoms with E-state index in [1.54, 1.807) is 12.1 Å². The number of nitrogens with one attached hydrogen (secondary N) is 1. The highest BCUT2D eigenvalue weighted by Gasteiger charge is 2.36. The molecule has 1 N–H and O–H groups in total. The lowest BCUT2D eigenvalue weighted by atomic mass is 10.0. The lowest BCUT2D eigenvalue weighted by Gasteiger charge is -2.33. The van der Waals surface area contributed by atoms with Crippen molar-refractivity contribution >= 4 is 23.4 Å². The number of alkyl halides is 3. The molecule has 1 aliphatic heterocycles. The van der Waals surface area contributed by atoms with Crippen LogP contribution >= 0.6 is 11.6 Å². The van der Waals surface area contributed by atoms with Crippen molar-refractivity contribution in [2.24, 2.45) is 0 Å². The predicted molar refractivity (Wildman–Crippen MR) is 108 cm³/mol. The minimum Gasteiger partial charge on any atom is -0.353 e. The third-order valence-corrected chi connectivity index (χ3v) is 5.42. The van der Waals surface area contributed by atoms with Crippen LogP contribution in [0.15, 0.2) is 48.5 Å². The molecule has 8 heteroatoms. The number of halogens is 4. The van der Waals surface area contributed by atoms with Crippen LogP contribution in [0, 0.1) is 0 Å². The summed E-state index contributed by atoms with van der Waals surface area (Å²) < 4.78 is 39.5. The van der Waals surface area contributed by atoms with Gasteiger partial charge >= 0.3 is 6.18 Å². The van der Waals surface area contributed by atoms with Gasteiger partial charge in [-0.25, -0.2) is 0 Å². The first-order chi connectivity index (χ1) is 14.2. The summed E-state index contributed by atoms with van der Waals surface area (Å²) in [6, 6.07) is 12.0. The van der Waals surface area contributed by atoms with Gasteiger partial charge < -0.3 is 10.2 Å². The summed E-state index contributed by atoms with van der Waals surface area (Å²) in [6.45, 7) is 0.598. The van der Waals surface area contributed by atoms with E-state index in [0.717, 1.165) is 11.6 Å². The Kier molecular flexibility index (Phi) is 7.02. The van der Waals surface area contributed by atoms with Crippen LogP contribution in [-0.4, -0.2) is 35.8 Å². The van der Waals surface area contributed by atoms with Gasteiger partial charge in [0.2, 0.25) is 5.91 Å². The molecule has 0 spiro atoms. The highest BCUT2D eigenvalue weighted by atomic mass is 35.5. The first-order valence-electron chi connectivity index (χ1n) is 9.73. The molecular formula is C22H22ClF3N2O2. The summed E-state index contributed by atoms with van der Waals surface area (Å²) in [5.74, 6) is -0.715. The quantitative estimate of drug-likeness (QED) is 0.734. The van der Waals surface area contributed by atoms with Crippen LogP contribution in [0.3, 0.4) is 0 Å². The summed E-state index contributed by atoms with van der Waals surface area (Å²) in [5, 5.41) is 3.59. The maximum atomic E-state index is 13.2. The van der Waals surface area contributed by atoms with Crippen molar-refractivity contribution in [2.45, 2.75) is 37.9 Å². The number of benzene rings is 2. The summed E-state index contributed by atoms with van der Waals surface area (Å²) in [6.07, 6.45) is -2.64. The Morgan fingerprint density at radius 1 is 1.03 bits per heavy atom. The Labute approximate surface area is 178 Å². The largest absolute Gasteiger partial charge is 0.417 e.